The Hall–Kier alpha value is -4.54. The number of nitrogens with zero attached hydrogens (tertiary/aromatic N) is 3. The molecule has 2 aliphatic heterocycles. The van der Waals surface area contributed by atoms with E-state index in [1.54, 1.807) is 18.0 Å². The van der Waals surface area contributed by atoms with Crippen LogP contribution < -0.4 is 20.9 Å². The van der Waals surface area contributed by atoms with Gasteiger partial charge in [-0.15, -0.1) is 0 Å². The SMILES string of the molecule is CN1CCN(CC(=O)N(C)c2ccc(N/C(=C3\C(=O)Nc4cc(F)ccc43)c3cccc(CNC(=O)C(C)(C)C)c3)cc2)CC1. The van der Waals surface area contributed by atoms with Gasteiger partial charge in [-0.25, -0.2) is 4.39 Å². The van der Waals surface area contributed by atoms with Crippen molar-refractivity contribution in [3.8, 4) is 0 Å². The third-order valence-electron chi connectivity index (χ3n) is 8.18. The first-order valence-corrected chi connectivity index (χ1v) is 15.2. The Bertz CT molecular complexity index is 1620. The number of hydrogen-bond donors (Lipinski definition) is 3. The van der Waals surface area contributed by atoms with E-state index in [-0.39, 0.29) is 17.7 Å². The predicted octanol–water partition coefficient (Wildman–Crippen LogP) is 4.63. The van der Waals surface area contributed by atoms with E-state index < -0.39 is 11.2 Å². The number of likely N-dealkylation sites (N-methyl/N-ethyl adjacent to an activating group) is 2. The van der Waals surface area contributed by atoms with Crippen LogP contribution in [0.3, 0.4) is 0 Å². The molecule has 1 saturated heterocycles. The molecule has 0 bridgehead atoms. The highest BCUT2D eigenvalue weighted by Crippen LogP contribution is 2.38. The minimum Gasteiger partial charge on any atom is -0.354 e. The van der Waals surface area contributed by atoms with Crippen LogP contribution in [0.4, 0.5) is 21.5 Å². The topological polar surface area (TPSA) is 97.0 Å². The highest BCUT2D eigenvalue weighted by atomic mass is 19.1. The molecule has 45 heavy (non-hydrogen) atoms. The van der Waals surface area contributed by atoms with Gasteiger partial charge >= 0.3 is 0 Å². The Labute approximate surface area is 264 Å². The molecule has 3 amide bonds. The summed E-state index contributed by atoms with van der Waals surface area (Å²) in [6.45, 7) is 9.88. The van der Waals surface area contributed by atoms with Gasteiger partial charge in [0.15, 0.2) is 0 Å². The van der Waals surface area contributed by atoms with E-state index in [1.807, 2.05) is 69.3 Å². The molecular weight excluding hydrogens is 571 g/mol. The fourth-order valence-corrected chi connectivity index (χ4v) is 5.32. The van der Waals surface area contributed by atoms with Crippen LogP contribution in [-0.4, -0.2) is 74.3 Å². The van der Waals surface area contributed by atoms with Crippen LogP contribution in [0, 0.1) is 11.2 Å². The van der Waals surface area contributed by atoms with Crippen LogP contribution in [0.25, 0.3) is 11.3 Å². The molecule has 9 nitrogen and oxygen atoms in total. The molecule has 0 aliphatic carbocycles. The van der Waals surface area contributed by atoms with E-state index >= 15 is 0 Å². The van der Waals surface area contributed by atoms with Gasteiger partial charge in [0.2, 0.25) is 11.8 Å². The highest BCUT2D eigenvalue weighted by molar-refractivity contribution is 6.37. The summed E-state index contributed by atoms with van der Waals surface area (Å²) in [6, 6.07) is 19.3. The van der Waals surface area contributed by atoms with Gasteiger partial charge in [0, 0.05) is 62.1 Å². The fourth-order valence-electron chi connectivity index (χ4n) is 5.32. The Morgan fingerprint density at radius 1 is 0.978 bits per heavy atom. The minimum absolute atomic E-state index is 0.0184. The summed E-state index contributed by atoms with van der Waals surface area (Å²) >= 11 is 0. The zero-order valence-electron chi connectivity index (χ0n) is 26.5. The van der Waals surface area contributed by atoms with Crippen molar-refractivity contribution in [1.29, 1.82) is 0 Å². The lowest BCUT2D eigenvalue weighted by Crippen LogP contribution is -2.48. The Morgan fingerprint density at radius 3 is 2.38 bits per heavy atom. The molecular formula is C35H41FN6O3. The minimum atomic E-state index is -0.525. The monoisotopic (exact) mass is 612 g/mol. The van der Waals surface area contributed by atoms with Gasteiger partial charge in [0.25, 0.3) is 5.91 Å². The van der Waals surface area contributed by atoms with Crippen LogP contribution in [0.1, 0.15) is 37.5 Å². The van der Waals surface area contributed by atoms with E-state index in [0.717, 1.165) is 43.0 Å². The molecule has 3 aromatic carbocycles. The molecule has 2 aliphatic rings. The summed E-state index contributed by atoms with van der Waals surface area (Å²) < 4.78 is 14.0. The maximum absolute atomic E-state index is 14.0. The van der Waals surface area contributed by atoms with Gasteiger partial charge in [-0.1, -0.05) is 39.0 Å². The number of fused-ring (bicyclic) bond motifs is 1. The number of piperazine rings is 1. The lowest BCUT2D eigenvalue weighted by Gasteiger charge is -2.32. The van der Waals surface area contributed by atoms with Crippen LogP contribution in [0.5, 0.6) is 0 Å². The van der Waals surface area contributed by atoms with Gasteiger partial charge in [0.05, 0.1) is 23.5 Å². The molecule has 1 fully saturated rings. The van der Waals surface area contributed by atoms with Gasteiger partial charge in [-0.2, -0.15) is 0 Å². The second kappa shape index (κ2) is 13.2. The smallest absolute Gasteiger partial charge is 0.258 e. The van der Waals surface area contributed by atoms with Crippen LogP contribution in [-0.2, 0) is 20.9 Å². The molecule has 10 heteroatoms. The Kier molecular flexibility index (Phi) is 9.36. The highest BCUT2D eigenvalue weighted by Gasteiger charge is 2.29. The number of anilines is 3. The van der Waals surface area contributed by atoms with Crippen molar-refractivity contribution in [2.75, 3.05) is 62.4 Å². The average molecular weight is 613 g/mol. The first-order chi connectivity index (χ1) is 21.4. The van der Waals surface area contributed by atoms with Crippen molar-refractivity contribution < 1.29 is 18.8 Å². The van der Waals surface area contributed by atoms with E-state index in [1.165, 1.54) is 12.1 Å². The van der Waals surface area contributed by atoms with Gasteiger partial charge in [-0.3, -0.25) is 19.3 Å². The fraction of sp³-hybridized carbons (Fsp3) is 0.343. The van der Waals surface area contributed by atoms with E-state index in [4.69, 9.17) is 0 Å². The number of benzene rings is 3. The Morgan fingerprint density at radius 2 is 1.69 bits per heavy atom. The molecule has 3 N–H and O–H groups in total. The number of hydrogen-bond acceptors (Lipinski definition) is 6. The van der Waals surface area contributed by atoms with Crippen molar-refractivity contribution in [3.63, 3.8) is 0 Å². The van der Waals surface area contributed by atoms with Crippen molar-refractivity contribution in [3.05, 3.63) is 89.2 Å². The van der Waals surface area contributed by atoms with E-state index in [2.05, 4.69) is 32.8 Å². The summed E-state index contributed by atoms with van der Waals surface area (Å²) in [5, 5.41) is 9.18. The molecule has 0 radical (unpaired) electrons. The molecule has 5 rings (SSSR count). The largest absolute Gasteiger partial charge is 0.354 e. The molecule has 0 unspecified atom stereocenters. The third-order valence-corrected chi connectivity index (χ3v) is 8.18. The van der Waals surface area contributed by atoms with E-state index in [0.29, 0.717) is 41.3 Å². The normalized spacial score (nSPS) is 16.5. The maximum Gasteiger partial charge on any atom is 0.258 e. The van der Waals surface area contributed by atoms with Crippen molar-refractivity contribution in [1.82, 2.24) is 15.1 Å². The number of amides is 3. The Balaban J connectivity index is 1.42. The number of carbonyl (C=O) groups is 3. The van der Waals surface area contributed by atoms with Gasteiger partial charge in [-0.05, 0) is 66.7 Å². The third kappa shape index (κ3) is 7.58. The van der Waals surface area contributed by atoms with Crippen molar-refractivity contribution >= 4 is 46.1 Å². The molecule has 0 aromatic heterocycles. The summed E-state index contributed by atoms with van der Waals surface area (Å²) in [5.74, 6) is -0.841. The first-order valence-electron chi connectivity index (χ1n) is 15.2. The zero-order valence-corrected chi connectivity index (χ0v) is 26.5. The molecule has 0 atom stereocenters. The lowest BCUT2D eigenvalue weighted by atomic mass is 9.95. The summed E-state index contributed by atoms with van der Waals surface area (Å²) in [5.41, 5.74) is 4.42. The molecule has 0 spiro atoms. The number of halogens is 1. The summed E-state index contributed by atoms with van der Waals surface area (Å²) in [4.78, 5) is 44.9. The summed E-state index contributed by atoms with van der Waals surface area (Å²) in [6.07, 6.45) is 0. The number of rotatable bonds is 8. The predicted molar refractivity (Wildman–Crippen MR) is 177 cm³/mol. The van der Waals surface area contributed by atoms with Crippen LogP contribution in [0.2, 0.25) is 0 Å². The maximum atomic E-state index is 14.0. The van der Waals surface area contributed by atoms with Crippen molar-refractivity contribution in [2.45, 2.75) is 27.3 Å². The van der Waals surface area contributed by atoms with Crippen LogP contribution >= 0.6 is 0 Å². The number of nitrogens with one attached hydrogen (secondary N) is 3. The average Bonchev–Trinajstić information content (AvgIpc) is 3.33. The second-order valence-electron chi connectivity index (χ2n) is 12.7. The molecule has 0 saturated carbocycles. The van der Waals surface area contributed by atoms with Crippen LogP contribution in [0.15, 0.2) is 66.7 Å². The lowest BCUT2D eigenvalue weighted by molar-refractivity contribution is -0.128. The van der Waals surface area contributed by atoms with E-state index in [9.17, 15) is 18.8 Å². The van der Waals surface area contributed by atoms with Gasteiger partial charge in [0.1, 0.15) is 5.82 Å². The quantitative estimate of drug-likeness (QED) is 0.321. The van der Waals surface area contributed by atoms with Crippen molar-refractivity contribution in [2.24, 2.45) is 5.41 Å². The second-order valence-corrected chi connectivity index (χ2v) is 12.7. The summed E-state index contributed by atoms with van der Waals surface area (Å²) in [7, 11) is 3.86. The number of carbonyl (C=O) groups excluding carboxylic acids is 3. The first kappa shape index (κ1) is 31.9. The van der Waals surface area contributed by atoms with Gasteiger partial charge < -0.3 is 25.8 Å². The molecule has 3 aromatic rings. The zero-order chi connectivity index (χ0) is 32.3. The molecule has 2 heterocycles. The standard InChI is InChI=1S/C35H41FN6O3/c1-35(2,3)34(45)37-21-23-7-6-8-24(19-23)32(31-28-14-9-25(36)20-29(28)39-33(31)44)38-26-10-12-27(13-11-26)41(5)30(43)22-42-17-15-40(4)16-18-42/h6-14,19-20,38H,15-18,21-22H2,1-5H3,(H,37,45)(H,39,44)/b32-31-. The molecule has 236 valence electrons.